The van der Waals surface area contributed by atoms with Gasteiger partial charge in [0.1, 0.15) is 0 Å². The van der Waals surface area contributed by atoms with Crippen LogP contribution in [0.25, 0.3) is 0 Å². The SMILES string of the molecule is O=[Si]([O-])[O-].[Al+3].[H+]. The molecule has 0 atom stereocenters. The maximum atomic E-state index is 8.52. The van der Waals surface area contributed by atoms with Gasteiger partial charge in [-0.25, -0.2) is 0 Å². The summed E-state index contributed by atoms with van der Waals surface area (Å²) >= 11 is 0. The van der Waals surface area contributed by atoms with Crippen molar-refractivity contribution in [3.8, 4) is 0 Å². The molecule has 0 aliphatic rings. The van der Waals surface area contributed by atoms with Gasteiger partial charge in [0.15, 0.2) is 0 Å². The summed E-state index contributed by atoms with van der Waals surface area (Å²) in [5, 5.41) is 0. The van der Waals surface area contributed by atoms with E-state index in [4.69, 9.17) is 14.1 Å². The molecule has 0 N–H and O–H groups in total. The number of hydrogen-bond donors (Lipinski definition) is 0. The third-order valence-corrected chi connectivity index (χ3v) is 0. The molecular formula is HAlO3Si+2. The monoisotopic (exact) mass is 104 g/mol. The van der Waals surface area contributed by atoms with Crippen LogP contribution in [0, 0.1) is 0 Å². The molecule has 0 fully saturated rings. The number of hydrogen-bond acceptors (Lipinski definition) is 3. The van der Waals surface area contributed by atoms with Crippen LogP contribution in [0.1, 0.15) is 1.43 Å². The molecule has 3 nitrogen and oxygen atoms in total. The first-order valence-corrected chi connectivity index (χ1v) is 1.84. The Labute approximate surface area is 42.8 Å². The van der Waals surface area contributed by atoms with Crippen LogP contribution in [0.2, 0.25) is 0 Å². The van der Waals surface area contributed by atoms with Crippen molar-refractivity contribution in [3.05, 3.63) is 0 Å². The van der Waals surface area contributed by atoms with Gasteiger partial charge in [0.05, 0.1) is 0 Å². The molecule has 0 spiro atoms. The van der Waals surface area contributed by atoms with Gasteiger partial charge in [-0.3, -0.25) is 0 Å². The van der Waals surface area contributed by atoms with Gasteiger partial charge in [0.25, 0.3) is 0 Å². The zero-order chi connectivity index (χ0) is 3.58. The first-order valence-electron chi connectivity index (χ1n) is 0.612. The molecule has 0 aromatic rings. The van der Waals surface area contributed by atoms with E-state index >= 15 is 0 Å². The van der Waals surface area contributed by atoms with E-state index in [1.165, 1.54) is 0 Å². The molecule has 0 rings (SSSR count). The fraction of sp³-hybridized carbons (Fsp3) is 0. The van der Waals surface area contributed by atoms with E-state index in [9.17, 15) is 0 Å². The van der Waals surface area contributed by atoms with Crippen LogP contribution in [0.15, 0.2) is 0 Å². The molecule has 0 aliphatic carbocycles. The molecule has 0 aromatic heterocycles. The molecule has 0 radical (unpaired) electrons. The third kappa shape index (κ3) is 859. The Morgan fingerprint density at radius 2 is 1.60 bits per heavy atom. The van der Waals surface area contributed by atoms with Crippen LogP contribution >= 0.6 is 0 Å². The first-order chi connectivity index (χ1) is 1.73. The second kappa shape index (κ2) is 4.15. The van der Waals surface area contributed by atoms with Crippen molar-refractivity contribution in [2.24, 2.45) is 0 Å². The van der Waals surface area contributed by atoms with Crippen LogP contribution in [0.3, 0.4) is 0 Å². The molecule has 0 aliphatic heterocycles. The standard InChI is InChI=1S/Al.O3Si/c;1-4(2)3/q+3;-2/p+1. The summed E-state index contributed by atoms with van der Waals surface area (Å²) < 4.78 is 8.52. The van der Waals surface area contributed by atoms with Gasteiger partial charge >= 0.3 is 18.8 Å². The molecule has 0 aromatic carbocycles. The van der Waals surface area contributed by atoms with Crippen LogP contribution in [0.5, 0.6) is 0 Å². The normalized spacial score (nSPS) is 4.80. The summed E-state index contributed by atoms with van der Waals surface area (Å²) in [6.45, 7) is 0. The third-order valence-electron chi connectivity index (χ3n) is 0. The van der Waals surface area contributed by atoms with Gasteiger partial charge in [-0.2, -0.15) is 0 Å². The first kappa shape index (κ1) is 8.94. The Kier molecular flexibility index (Phi) is 7.42. The second-order valence-corrected chi connectivity index (χ2v) is 0.750. The number of rotatable bonds is 0. The molecule has 0 saturated heterocycles. The van der Waals surface area contributed by atoms with E-state index in [1.807, 2.05) is 0 Å². The van der Waals surface area contributed by atoms with Crippen molar-refractivity contribution in [2.75, 3.05) is 0 Å². The summed E-state index contributed by atoms with van der Waals surface area (Å²) in [6, 6.07) is 0. The molecule has 0 amide bonds. The topological polar surface area (TPSA) is 63.2 Å². The van der Waals surface area contributed by atoms with E-state index in [2.05, 4.69) is 0 Å². The van der Waals surface area contributed by atoms with Gasteiger partial charge in [-0.1, -0.05) is 0 Å². The minimum atomic E-state index is -3.63. The molecule has 0 bridgehead atoms. The average Bonchev–Trinajstić information content (AvgIpc) is 0.811. The van der Waals surface area contributed by atoms with Crippen molar-refractivity contribution in [2.45, 2.75) is 0 Å². The smallest absolute Gasteiger partial charge is 0.672 e. The maximum absolute atomic E-state index is 8.52. The summed E-state index contributed by atoms with van der Waals surface area (Å²) in [5.41, 5.74) is 0. The Hall–Kier alpha value is 0.149. The quantitative estimate of drug-likeness (QED) is 0.305. The van der Waals surface area contributed by atoms with Crippen LogP contribution in [-0.2, 0) is 4.46 Å². The van der Waals surface area contributed by atoms with Crippen molar-refractivity contribution < 1.29 is 15.5 Å². The van der Waals surface area contributed by atoms with E-state index in [0.29, 0.717) is 0 Å². The zero-order valence-electron chi connectivity index (χ0n) is 3.30. The van der Waals surface area contributed by atoms with E-state index in [-0.39, 0.29) is 18.8 Å². The minimum Gasteiger partial charge on any atom is -0.672 e. The Morgan fingerprint density at radius 1 is 1.60 bits per heavy atom. The second-order valence-electron chi connectivity index (χ2n) is 0.250. The van der Waals surface area contributed by atoms with Gasteiger partial charge in [0.2, 0.25) is 0 Å². The van der Waals surface area contributed by atoms with Crippen LogP contribution < -0.4 is 9.59 Å². The molecule has 5 heavy (non-hydrogen) atoms. The van der Waals surface area contributed by atoms with Gasteiger partial charge in [-0.15, -0.1) is 0 Å². The molecular weight excluding hydrogens is 103 g/mol. The van der Waals surface area contributed by atoms with Crippen molar-refractivity contribution >= 4 is 26.5 Å². The van der Waals surface area contributed by atoms with Crippen molar-refractivity contribution in [1.82, 2.24) is 0 Å². The molecule has 0 heterocycles. The minimum absolute atomic E-state index is 0. The van der Waals surface area contributed by atoms with Crippen molar-refractivity contribution in [1.29, 1.82) is 0 Å². The van der Waals surface area contributed by atoms with E-state index in [1.54, 1.807) is 0 Å². The Bertz CT molecular complexity index is 33.8. The maximum Gasteiger partial charge on any atom is 3.00 e. The van der Waals surface area contributed by atoms with E-state index in [0.717, 1.165) is 0 Å². The van der Waals surface area contributed by atoms with Crippen LogP contribution in [-0.4, -0.2) is 26.5 Å². The Morgan fingerprint density at radius 3 is 1.60 bits per heavy atom. The summed E-state index contributed by atoms with van der Waals surface area (Å²) in [7, 11) is -3.63. The van der Waals surface area contributed by atoms with Gasteiger partial charge in [0, 0.05) is 9.17 Å². The van der Waals surface area contributed by atoms with Crippen molar-refractivity contribution in [3.63, 3.8) is 0 Å². The zero-order valence-corrected chi connectivity index (χ0v) is 4.46. The summed E-state index contributed by atoms with van der Waals surface area (Å²) in [5.74, 6) is 0. The van der Waals surface area contributed by atoms with E-state index < -0.39 is 9.17 Å². The molecule has 0 saturated carbocycles. The fourth-order valence-electron chi connectivity index (χ4n) is 0. The predicted molar refractivity (Wildman–Crippen MR) is 13.3 cm³/mol. The van der Waals surface area contributed by atoms with Crippen LogP contribution in [0.4, 0.5) is 0 Å². The van der Waals surface area contributed by atoms with Gasteiger partial charge < -0.3 is 14.1 Å². The summed E-state index contributed by atoms with van der Waals surface area (Å²) in [4.78, 5) is 17.0. The molecule has 24 valence electrons. The molecule has 5 heteroatoms. The average molecular weight is 104 g/mol. The Balaban J connectivity index is -0.0000000450. The molecule has 0 unspecified atom stereocenters. The summed E-state index contributed by atoms with van der Waals surface area (Å²) in [6.07, 6.45) is 0. The largest absolute Gasteiger partial charge is 3.00 e. The van der Waals surface area contributed by atoms with Gasteiger partial charge in [-0.05, 0) is 0 Å². The fourth-order valence-corrected chi connectivity index (χ4v) is 0. The predicted octanol–water partition coefficient (Wildman–Crippen LogP) is -3.15.